The van der Waals surface area contributed by atoms with Gasteiger partial charge >= 0.3 is 5.97 Å². The van der Waals surface area contributed by atoms with E-state index >= 15 is 0 Å². The lowest BCUT2D eigenvalue weighted by molar-refractivity contribution is -0.137. The summed E-state index contributed by atoms with van der Waals surface area (Å²) >= 11 is 0. The van der Waals surface area contributed by atoms with Gasteiger partial charge in [0.1, 0.15) is 5.58 Å². The summed E-state index contributed by atoms with van der Waals surface area (Å²) in [5.41, 5.74) is 0.0754. The van der Waals surface area contributed by atoms with Crippen molar-refractivity contribution in [3.8, 4) is 0 Å². The summed E-state index contributed by atoms with van der Waals surface area (Å²) < 4.78 is 5.45. The first-order valence-electron chi connectivity index (χ1n) is 6.49. The first kappa shape index (κ1) is 14.8. The van der Waals surface area contributed by atoms with Crippen LogP contribution in [0.5, 0.6) is 0 Å². The molecule has 0 spiro atoms. The highest BCUT2D eigenvalue weighted by Crippen LogP contribution is 2.13. The van der Waals surface area contributed by atoms with Crippen molar-refractivity contribution in [2.75, 3.05) is 13.6 Å². The van der Waals surface area contributed by atoms with E-state index in [1.165, 1.54) is 11.0 Å². The molecule has 21 heavy (non-hydrogen) atoms. The number of amides is 1. The molecule has 1 aromatic carbocycles. The Morgan fingerprint density at radius 3 is 2.71 bits per heavy atom. The van der Waals surface area contributed by atoms with Gasteiger partial charge in [-0.05, 0) is 18.6 Å². The molecular weight excluding hydrogens is 274 g/mol. The maximum atomic E-state index is 12.2. The van der Waals surface area contributed by atoms with Crippen LogP contribution in [-0.4, -0.2) is 35.5 Å². The molecule has 110 valence electrons. The maximum Gasteiger partial charge on any atom is 0.303 e. The molecule has 0 saturated heterocycles. The lowest BCUT2D eigenvalue weighted by Gasteiger charge is -2.15. The zero-order valence-electron chi connectivity index (χ0n) is 11.5. The lowest BCUT2D eigenvalue weighted by atomic mass is 10.2. The molecule has 0 atom stereocenters. The number of hydrogen-bond acceptors (Lipinski definition) is 4. The van der Waals surface area contributed by atoms with E-state index in [2.05, 4.69) is 0 Å². The van der Waals surface area contributed by atoms with Crippen LogP contribution in [0.2, 0.25) is 0 Å². The molecule has 0 aliphatic heterocycles. The summed E-state index contributed by atoms with van der Waals surface area (Å²) in [4.78, 5) is 35.9. The molecule has 0 bridgehead atoms. The van der Waals surface area contributed by atoms with E-state index in [0.717, 1.165) is 0 Å². The molecule has 6 heteroatoms. The van der Waals surface area contributed by atoms with Crippen molar-refractivity contribution in [2.24, 2.45) is 0 Å². The normalized spacial score (nSPS) is 10.5. The first-order valence-corrected chi connectivity index (χ1v) is 6.49. The van der Waals surface area contributed by atoms with E-state index in [-0.39, 0.29) is 24.2 Å². The molecule has 0 fully saturated rings. The largest absolute Gasteiger partial charge is 0.481 e. The van der Waals surface area contributed by atoms with Crippen molar-refractivity contribution < 1.29 is 19.1 Å². The minimum Gasteiger partial charge on any atom is -0.481 e. The van der Waals surface area contributed by atoms with E-state index in [9.17, 15) is 14.4 Å². The maximum absolute atomic E-state index is 12.2. The van der Waals surface area contributed by atoms with Crippen LogP contribution < -0.4 is 5.43 Å². The highest BCUT2D eigenvalue weighted by Gasteiger charge is 2.16. The lowest BCUT2D eigenvalue weighted by Crippen LogP contribution is -2.28. The molecule has 2 rings (SSSR count). The number of fused-ring (bicyclic) bond motifs is 1. The van der Waals surface area contributed by atoms with E-state index in [4.69, 9.17) is 9.52 Å². The smallest absolute Gasteiger partial charge is 0.303 e. The van der Waals surface area contributed by atoms with E-state index in [0.29, 0.717) is 17.4 Å². The van der Waals surface area contributed by atoms with Crippen LogP contribution in [0.3, 0.4) is 0 Å². The minimum absolute atomic E-state index is 0.0146. The van der Waals surface area contributed by atoms with Gasteiger partial charge in [0.2, 0.25) is 0 Å². The van der Waals surface area contributed by atoms with Gasteiger partial charge in [-0.15, -0.1) is 0 Å². The molecule has 1 amide bonds. The summed E-state index contributed by atoms with van der Waals surface area (Å²) in [6, 6.07) is 7.86. The van der Waals surface area contributed by atoms with Crippen LogP contribution in [0.1, 0.15) is 23.4 Å². The van der Waals surface area contributed by atoms with Gasteiger partial charge in [0.15, 0.2) is 11.2 Å². The van der Waals surface area contributed by atoms with Crippen molar-refractivity contribution in [1.82, 2.24) is 4.90 Å². The topological polar surface area (TPSA) is 87.8 Å². The molecule has 1 heterocycles. The average Bonchev–Trinajstić information content (AvgIpc) is 2.46. The number of carboxylic acid groups (broad SMARTS) is 1. The van der Waals surface area contributed by atoms with Gasteiger partial charge in [-0.25, -0.2) is 0 Å². The Kier molecular flexibility index (Phi) is 4.37. The van der Waals surface area contributed by atoms with Gasteiger partial charge in [0.05, 0.1) is 5.39 Å². The predicted octanol–water partition coefficient (Wildman–Crippen LogP) is 1.73. The molecule has 1 aromatic heterocycles. The van der Waals surface area contributed by atoms with Crippen LogP contribution in [-0.2, 0) is 4.79 Å². The van der Waals surface area contributed by atoms with E-state index in [1.54, 1.807) is 31.3 Å². The Balaban J connectivity index is 2.19. The zero-order valence-corrected chi connectivity index (χ0v) is 11.5. The van der Waals surface area contributed by atoms with Gasteiger partial charge in [0.25, 0.3) is 5.91 Å². The fourth-order valence-corrected chi connectivity index (χ4v) is 1.97. The van der Waals surface area contributed by atoms with Crippen molar-refractivity contribution in [1.29, 1.82) is 0 Å². The van der Waals surface area contributed by atoms with E-state index < -0.39 is 11.9 Å². The molecule has 0 aliphatic rings. The molecule has 0 aliphatic carbocycles. The van der Waals surface area contributed by atoms with Crippen LogP contribution in [0.25, 0.3) is 11.0 Å². The van der Waals surface area contributed by atoms with Crippen molar-refractivity contribution >= 4 is 22.8 Å². The fourth-order valence-electron chi connectivity index (χ4n) is 1.97. The summed E-state index contributed by atoms with van der Waals surface area (Å²) in [6.45, 7) is 0.279. The third-order valence-corrected chi connectivity index (χ3v) is 3.08. The Labute approximate surface area is 120 Å². The number of rotatable bonds is 5. The number of carbonyl (C=O) groups is 2. The Morgan fingerprint density at radius 2 is 2.00 bits per heavy atom. The third-order valence-electron chi connectivity index (χ3n) is 3.08. The second-order valence-electron chi connectivity index (χ2n) is 4.70. The molecule has 0 radical (unpaired) electrons. The first-order chi connectivity index (χ1) is 9.99. The number of aliphatic carboxylic acids is 1. The summed E-state index contributed by atoms with van der Waals surface area (Å²) in [7, 11) is 1.54. The molecule has 1 N–H and O–H groups in total. The molecule has 0 saturated carbocycles. The van der Waals surface area contributed by atoms with E-state index in [1.807, 2.05) is 0 Å². The second kappa shape index (κ2) is 6.21. The highest BCUT2D eigenvalue weighted by atomic mass is 16.4. The van der Waals surface area contributed by atoms with Gasteiger partial charge in [0, 0.05) is 26.1 Å². The summed E-state index contributed by atoms with van der Waals surface area (Å²) in [5, 5.41) is 8.99. The van der Waals surface area contributed by atoms with Gasteiger partial charge in [-0.2, -0.15) is 0 Å². The molecular formula is C15H15NO5. The van der Waals surface area contributed by atoms with Crippen LogP contribution in [0.15, 0.2) is 39.5 Å². The monoisotopic (exact) mass is 289 g/mol. The Bertz CT molecular complexity index is 734. The number of carboxylic acids is 1. The number of nitrogens with zero attached hydrogens (tertiary/aromatic N) is 1. The standard InChI is InChI=1S/C15H15NO5/c1-16(8-4-7-14(18)19)15(20)13-9-11(17)10-5-2-3-6-12(10)21-13/h2-3,5-6,9H,4,7-8H2,1H3,(H,18,19). The molecule has 0 unspecified atom stereocenters. The second-order valence-corrected chi connectivity index (χ2v) is 4.70. The quantitative estimate of drug-likeness (QED) is 0.905. The summed E-state index contributed by atoms with van der Waals surface area (Å²) in [6.07, 6.45) is 0.328. The number of benzene rings is 1. The van der Waals surface area contributed by atoms with Gasteiger partial charge in [-0.1, -0.05) is 12.1 Å². The fraction of sp³-hybridized carbons (Fsp3) is 0.267. The zero-order chi connectivity index (χ0) is 15.4. The van der Waals surface area contributed by atoms with Gasteiger partial charge < -0.3 is 14.4 Å². The SMILES string of the molecule is CN(CCCC(=O)O)C(=O)c1cc(=O)c2ccccc2o1. The van der Waals surface area contributed by atoms with Gasteiger partial charge in [-0.3, -0.25) is 14.4 Å². The summed E-state index contributed by atoms with van der Waals surface area (Å²) in [5.74, 6) is -1.40. The third kappa shape index (κ3) is 3.47. The molecule has 6 nitrogen and oxygen atoms in total. The Hall–Kier alpha value is -2.63. The van der Waals surface area contributed by atoms with Crippen molar-refractivity contribution in [3.63, 3.8) is 0 Å². The highest BCUT2D eigenvalue weighted by molar-refractivity contribution is 5.93. The van der Waals surface area contributed by atoms with Crippen molar-refractivity contribution in [2.45, 2.75) is 12.8 Å². The number of hydrogen-bond donors (Lipinski definition) is 1. The average molecular weight is 289 g/mol. The molecule has 2 aromatic rings. The number of para-hydroxylation sites is 1. The van der Waals surface area contributed by atoms with Crippen LogP contribution >= 0.6 is 0 Å². The predicted molar refractivity (Wildman–Crippen MR) is 76.3 cm³/mol. The van der Waals surface area contributed by atoms with Crippen LogP contribution in [0.4, 0.5) is 0 Å². The van der Waals surface area contributed by atoms with Crippen molar-refractivity contribution in [3.05, 3.63) is 46.3 Å². The number of carbonyl (C=O) groups excluding carboxylic acids is 1. The van der Waals surface area contributed by atoms with Crippen LogP contribution in [0, 0.1) is 0 Å². The Morgan fingerprint density at radius 1 is 1.29 bits per heavy atom. The minimum atomic E-state index is -0.909.